The van der Waals surface area contributed by atoms with Crippen LogP contribution in [0.2, 0.25) is 0 Å². The first-order valence-electron chi connectivity index (χ1n) is 7.82. The van der Waals surface area contributed by atoms with Gasteiger partial charge in [-0.15, -0.1) is 0 Å². The maximum atomic E-state index is 11.6. The summed E-state index contributed by atoms with van der Waals surface area (Å²) in [5.41, 5.74) is 0. The summed E-state index contributed by atoms with van der Waals surface area (Å²) in [7, 11) is 1.55. The lowest BCUT2D eigenvalue weighted by Crippen LogP contribution is -2.37. The molecule has 0 aliphatic carbocycles. The minimum Gasteiger partial charge on any atom is -0.463 e. The van der Waals surface area contributed by atoms with Crippen LogP contribution >= 0.6 is 7.82 Å². The largest absolute Gasteiger partial charge is 0.472 e. The number of esters is 1. The van der Waals surface area contributed by atoms with E-state index in [1.165, 1.54) is 0 Å². The molecule has 0 aliphatic heterocycles. The summed E-state index contributed by atoms with van der Waals surface area (Å²) in [4.78, 5) is 20.8. The highest BCUT2D eigenvalue weighted by Gasteiger charge is 2.24. The van der Waals surface area contributed by atoms with Crippen molar-refractivity contribution in [1.29, 1.82) is 0 Å². The molecule has 0 spiro atoms. The van der Waals surface area contributed by atoms with Gasteiger partial charge in [0.2, 0.25) is 0 Å². The van der Waals surface area contributed by atoms with Gasteiger partial charge in [0.05, 0.1) is 27.7 Å². The number of carbonyl (C=O) groups is 1. The van der Waals surface area contributed by atoms with Gasteiger partial charge in [-0.2, -0.15) is 0 Å². The SMILES string of the molecule is CCCCCC(=O)OCC(O)COP(=O)(O)OCC[N+](C)(C)C. The molecule has 0 fully saturated rings. The number of rotatable bonds is 13. The lowest BCUT2D eigenvalue weighted by atomic mass is 10.2. The second kappa shape index (κ2) is 11.1. The number of phosphoric acid groups is 1. The number of hydrogen-bond acceptors (Lipinski definition) is 6. The number of nitrogens with zero attached hydrogens (tertiary/aromatic N) is 1. The molecule has 0 amide bonds. The monoisotopic (exact) mass is 356 g/mol. The fraction of sp³-hybridized carbons (Fsp3) is 0.929. The summed E-state index contributed by atoms with van der Waals surface area (Å²) in [6.07, 6.45) is 1.82. The van der Waals surface area contributed by atoms with Crippen LogP contribution in [0.25, 0.3) is 0 Å². The number of quaternary nitrogens is 1. The van der Waals surface area contributed by atoms with Gasteiger partial charge in [0.15, 0.2) is 0 Å². The van der Waals surface area contributed by atoms with E-state index in [0.29, 0.717) is 17.4 Å². The molecule has 2 unspecified atom stereocenters. The number of unbranched alkanes of at least 4 members (excludes halogenated alkanes) is 2. The molecule has 0 aromatic heterocycles. The third kappa shape index (κ3) is 14.8. The topological polar surface area (TPSA) is 102 Å². The molecule has 0 heterocycles. The highest BCUT2D eigenvalue weighted by Crippen LogP contribution is 2.43. The van der Waals surface area contributed by atoms with Crippen LogP contribution in [-0.2, 0) is 23.1 Å². The van der Waals surface area contributed by atoms with E-state index < -0.39 is 26.5 Å². The number of carbonyl (C=O) groups excluding carboxylic acids is 1. The fourth-order valence-corrected chi connectivity index (χ4v) is 2.22. The van der Waals surface area contributed by atoms with Crippen molar-refractivity contribution >= 4 is 13.8 Å². The van der Waals surface area contributed by atoms with Gasteiger partial charge in [0, 0.05) is 6.42 Å². The number of likely N-dealkylation sites (N-methyl/N-ethyl adjacent to an activating group) is 1. The molecule has 0 aliphatic rings. The van der Waals surface area contributed by atoms with E-state index in [4.69, 9.17) is 9.26 Å². The third-order valence-corrected chi connectivity index (χ3v) is 3.85. The summed E-state index contributed by atoms with van der Waals surface area (Å²) in [6.45, 7) is 1.90. The highest BCUT2D eigenvalue weighted by atomic mass is 31.2. The highest BCUT2D eigenvalue weighted by molar-refractivity contribution is 7.47. The van der Waals surface area contributed by atoms with E-state index in [9.17, 15) is 19.4 Å². The Morgan fingerprint density at radius 1 is 1.17 bits per heavy atom. The average Bonchev–Trinajstić information content (AvgIpc) is 2.41. The van der Waals surface area contributed by atoms with E-state index in [2.05, 4.69) is 4.52 Å². The lowest BCUT2D eigenvalue weighted by molar-refractivity contribution is -0.870. The lowest BCUT2D eigenvalue weighted by Gasteiger charge is -2.24. The molecular formula is C14H31NO7P+. The zero-order valence-corrected chi connectivity index (χ0v) is 15.5. The third-order valence-electron chi connectivity index (χ3n) is 2.87. The van der Waals surface area contributed by atoms with Crippen molar-refractivity contribution in [3.8, 4) is 0 Å². The van der Waals surface area contributed by atoms with Gasteiger partial charge in [-0.3, -0.25) is 13.8 Å². The summed E-state index contributed by atoms with van der Waals surface area (Å²) in [5, 5.41) is 9.59. The summed E-state index contributed by atoms with van der Waals surface area (Å²) >= 11 is 0. The molecule has 23 heavy (non-hydrogen) atoms. The Bertz CT molecular complexity index is 384. The van der Waals surface area contributed by atoms with Crippen LogP contribution in [0.15, 0.2) is 0 Å². The van der Waals surface area contributed by atoms with Gasteiger partial charge in [0.1, 0.15) is 25.9 Å². The van der Waals surface area contributed by atoms with Crippen molar-refractivity contribution in [2.24, 2.45) is 0 Å². The van der Waals surface area contributed by atoms with Crippen LogP contribution in [0.1, 0.15) is 32.6 Å². The van der Waals surface area contributed by atoms with Crippen molar-refractivity contribution < 1.29 is 37.6 Å². The Labute approximate surface area is 138 Å². The maximum Gasteiger partial charge on any atom is 0.472 e. The second-order valence-electron chi connectivity index (χ2n) is 6.41. The minimum atomic E-state index is -4.21. The molecule has 2 atom stereocenters. The molecule has 0 saturated heterocycles. The van der Waals surface area contributed by atoms with Crippen LogP contribution in [0, 0.1) is 0 Å². The molecule has 0 saturated carbocycles. The maximum absolute atomic E-state index is 11.6. The minimum absolute atomic E-state index is 0.0553. The van der Waals surface area contributed by atoms with Gasteiger partial charge < -0.3 is 19.2 Å². The van der Waals surface area contributed by atoms with Crippen LogP contribution in [0.3, 0.4) is 0 Å². The first kappa shape index (κ1) is 22.5. The van der Waals surface area contributed by atoms with Gasteiger partial charge in [0.25, 0.3) is 0 Å². The predicted octanol–water partition coefficient (Wildman–Crippen LogP) is 1.31. The number of aliphatic hydroxyl groups is 1. The standard InChI is InChI=1S/C14H30NO7P/c1-5-6-7-8-14(17)20-11-13(16)12-22-23(18,19)21-10-9-15(2,3)4/h13,16H,5-12H2,1-4H3/p+1. The van der Waals surface area contributed by atoms with Crippen LogP contribution in [0.5, 0.6) is 0 Å². The zero-order valence-electron chi connectivity index (χ0n) is 14.6. The predicted molar refractivity (Wildman–Crippen MR) is 85.7 cm³/mol. The van der Waals surface area contributed by atoms with Gasteiger partial charge in [-0.25, -0.2) is 4.57 Å². The van der Waals surface area contributed by atoms with Crippen molar-refractivity contribution in [1.82, 2.24) is 0 Å². The Kier molecular flexibility index (Phi) is 10.9. The molecule has 8 nitrogen and oxygen atoms in total. The second-order valence-corrected chi connectivity index (χ2v) is 7.86. The van der Waals surface area contributed by atoms with Crippen molar-refractivity contribution in [2.45, 2.75) is 38.7 Å². The van der Waals surface area contributed by atoms with E-state index in [-0.39, 0.29) is 13.2 Å². The summed E-state index contributed by atoms with van der Waals surface area (Å²) in [5.74, 6) is -0.399. The Balaban J connectivity index is 3.87. The van der Waals surface area contributed by atoms with Gasteiger partial charge >= 0.3 is 13.8 Å². The molecule has 0 aromatic rings. The van der Waals surface area contributed by atoms with Crippen molar-refractivity contribution in [3.05, 3.63) is 0 Å². The number of hydrogen-bond donors (Lipinski definition) is 2. The van der Waals surface area contributed by atoms with Gasteiger partial charge in [-0.1, -0.05) is 19.8 Å². The zero-order chi connectivity index (χ0) is 17.9. The van der Waals surface area contributed by atoms with E-state index >= 15 is 0 Å². The molecular weight excluding hydrogens is 325 g/mol. The van der Waals surface area contributed by atoms with Crippen LogP contribution < -0.4 is 0 Å². The first-order chi connectivity index (χ1) is 10.6. The molecule has 9 heteroatoms. The molecule has 0 aromatic carbocycles. The number of phosphoric ester groups is 1. The Hall–Kier alpha value is -0.500. The normalized spacial score (nSPS) is 15.9. The first-order valence-corrected chi connectivity index (χ1v) is 9.31. The van der Waals surface area contributed by atoms with E-state index in [0.717, 1.165) is 19.3 Å². The Morgan fingerprint density at radius 2 is 1.83 bits per heavy atom. The van der Waals surface area contributed by atoms with E-state index in [1.807, 2.05) is 28.1 Å². The van der Waals surface area contributed by atoms with Gasteiger partial charge in [-0.05, 0) is 6.42 Å². The van der Waals surface area contributed by atoms with Crippen molar-refractivity contribution in [3.63, 3.8) is 0 Å². The van der Waals surface area contributed by atoms with E-state index in [1.54, 1.807) is 0 Å². The van der Waals surface area contributed by atoms with Crippen LogP contribution in [-0.4, -0.2) is 74.1 Å². The number of ether oxygens (including phenoxy) is 1. The Morgan fingerprint density at radius 3 is 2.39 bits per heavy atom. The molecule has 0 rings (SSSR count). The average molecular weight is 356 g/mol. The fourth-order valence-electron chi connectivity index (χ4n) is 1.48. The van der Waals surface area contributed by atoms with Crippen molar-refractivity contribution in [2.75, 3.05) is 47.5 Å². The summed E-state index contributed by atoms with van der Waals surface area (Å²) < 4.78 is 26.5. The molecule has 138 valence electrons. The molecule has 2 N–H and O–H groups in total. The quantitative estimate of drug-likeness (QED) is 0.222. The van der Waals surface area contributed by atoms with Crippen LogP contribution in [0.4, 0.5) is 0 Å². The summed E-state index contributed by atoms with van der Waals surface area (Å²) in [6, 6.07) is 0. The smallest absolute Gasteiger partial charge is 0.463 e. The molecule has 0 radical (unpaired) electrons. The number of aliphatic hydroxyl groups excluding tert-OH is 1. The molecule has 0 bridgehead atoms.